The Morgan fingerprint density at radius 1 is 1.61 bits per heavy atom. The molecule has 0 spiro atoms. The molecule has 5 nitrogen and oxygen atoms in total. The number of anilines is 1. The summed E-state index contributed by atoms with van der Waals surface area (Å²) in [6, 6.07) is 5.29. The van der Waals surface area contributed by atoms with E-state index < -0.39 is 6.04 Å². The second kappa shape index (κ2) is 5.43. The minimum atomic E-state index is -0.677. The lowest BCUT2D eigenvalue weighted by atomic mass is 10.2. The van der Waals surface area contributed by atoms with Crippen LogP contribution in [-0.2, 0) is 9.53 Å². The van der Waals surface area contributed by atoms with Crippen LogP contribution < -0.4 is 11.1 Å². The van der Waals surface area contributed by atoms with Crippen LogP contribution in [0.1, 0.15) is 5.56 Å². The number of nitrogens with two attached hydrogens (primary N) is 1. The summed E-state index contributed by atoms with van der Waals surface area (Å²) in [5.41, 5.74) is 7.68. The maximum absolute atomic E-state index is 11.7. The van der Waals surface area contributed by atoms with Crippen molar-refractivity contribution >= 4 is 32.6 Å². The Labute approximate surface area is 109 Å². The zero-order chi connectivity index (χ0) is 13.1. The van der Waals surface area contributed by atoms with Gasteiger partial charge >= 0.3 is 0 Å². The molecule has 0 aliphatic carbocycles. The molecule has 2 aromatic rings. The summed E-state index contributed by atoms with van der Waals surface area (Å²) in [5, 5.41) is 3.26. The monoisotopic (exact) mass is 265 g/mol. The quantitative estimate of drug-likeness (QED) is 0.878. The van der Waals surface area contributed by atoms with Crippen LogP contribution in [0, 0.1) is 6.92 Å². The van der Waals surface area contributed by atoms with Gasteiger partial charge in [-0.15, -0.1) is 0 Å². The molecule has 0 saturated heterocycles. The molecule has 96 valence electrons. The van der Waals surface area contributed by atoms with Crippen LogP contribution in [-0.4, -0.2) is 30.6 Å². The Morgan fingerprint density at radius 2 is 2.39 bits per heavy atom. The molecular formula is C12H15N3O2S. The summed E-state index contributed by atoms with van der Waals surface area (Å²) in [6.45, 7) is 2.21. The van der Waals surface area contributed by atoms with Gasteiger partial charge in [0.25, 0.3) is 0 Å². The van der Waals surface area contributed by atoms with Crippen molar-refractivity contribution in [1.82, 2.24) is 4.98 Å². The van der Waals surface area contributed by atoms with E-state index in [1.165, 1.54) is 24.0 Å². The molecule has 1 heterocycles. The largest absolute Gasteiger partial charge is 0.383 e. The summed E-state index contributed by atoms with van der Waals surface area (Å²) >= 11 is 1.44. The Hall–Kier alpha value is -1.50. The van der Waals surface area contributed by atoms with Crippen LogP contribution in [0.2, 0.25) is 0 Å². The van der Waals surface area contributed by atoms with Crippen LogP contribution in [0.4, 0.5) is 5.13 Å². The third-order valence-corrected chi connectivity index (χ3v) is 3.39. The number of fused-ring (bicyclic) bond motifs is 1. The second-order valence-electron chi connectivity index (χ2n) is 4.04. The standard InChI is InChI=1S/C12H15N3O2S/c1-7-3-4-9-10(5-7)18-12(14-9)15-11(16)8(13)6-17-2/h3-5,8H,6,13H2,1-2H3,(H,14,15,16). The highest BCUT2D eigenvalue weighted by atomic mass is 32.1. The average molecular weight is 265 g/mol. The van der Waals surface area contributed by atoms with E-state index in [0.29, 0.717) is 5.13 Å². The molecule has 1 aromatic carbocycles. The summed E-state index contributed by atoms with van der Waals surface area (Å²) in [6.07, 6.45) is 0. The number of hydrogen-bond donors (Lipinski definition) is 2. The normalized spacial score (nSPS) is 12.6. The zero-order valence-corrected chi connectivity index (χ0v) is 11.1. The van der Waals surface area contributed by atoms with Gasteiger partial charge < -0.3 is 15.8 Å². The molecule has 0 fully saturated rings. The van der Waals surface area contributed by atoms with Crippen molar-refractivity contribution in [3.63, 3.8) is 0 Å². The number of aryl methyl sites for hydroxylation is 1. The lowest BCUT2D eigenvalue weighted by Gasteiger charge is -2.08. The highest BCUT2D eigenvalue weighted by Gasteiger charge is 2.15. The number of thiazole rings is 1. The first kappa shape index (κ1) is 12.9. The van der Waals surface area contributed by atoms with E-state index in [2.05, 4.69) is 10.3 Å². The van der Waals surface area contributed by atoms with Gasteiger partial charge in [-0.1, -0.05) is 17.4 Å². The molecule has 2 rings (SSSR count). The lowest BCUT2D eigenvalue weighted by Crippen LogP contribution is -2.39. The van der Waals surface area contributed by atoms with Gasteiger partial charge in [0.15, 0.2) is 5.13 Å². The number of nitrogens with one attached hydrogen (secondary N) is 1. The SMILES string of the molecule is COCC(N)C(=O)Nc1nc2ccc(C)cc2s1. The van der Waals surface area contributed by atoms with Crippen LogP contribution >= 0.6 is 11.3 Å². The fourth-order valence-electron chi connectivity index (χ4n) is 1.54. The third-order valence-electron chi connectivity index (χ3n) is 2.46. The molecule has 0 bridgehead atoms. The molecule has 1 unspecified atom stereocenters. The molecule has 0 radical (unpaired) electrons. The van der Waals surface area contributed by atoms with Crippen LogP contribution in [0.3, 0.4) is 0 Å². The number of ether oxygens (including phenoxy) is 1. The van der Waals surface area contributed by atoms with Gasteiger partial charge in [-0.2, -0.15) is 0 Å². The molecule has 1 amide bonds. The van der Waals surface area contributed by atoms with Gasteiger partial charge in [0, 0.05) is 7.11 Å². The van der Waals surface area contributed by atoms with E-state index in [9.17, 15) is 4.79 Å². The van der Waals surface area contributed by atoms with E-state index in [0.717, 1.165) is 10.2 Å². The zero-order valence-electron chi connectivity index (χ0n) is 10.3. The van der Waals surface area contributed by atoms with Crippen LogP contribution in [0.5, 0.6) is 0 Å². The van der Waals surface area contributed by atoms with Crippen molar-refractivity contribution in [1.29, 1.82) is 0 Å². The number of carbonyl (C=O) groups is 1. The van der Waals surface area contributed by atoms with E-state index in [-0.39, 0.29) is 12.5 Å². The summed E-state index contributed by atoms with van der Waals surface area (Å²) in [7, 11) is 1.51. The Kier molecular flexibility index (Phi) is 3.90. The molecule has 6 heteroatoms. The summed E-state index contributed by atoms with van der Waals surface area (Å²) in [5.74, 6) is -0.285. The number of rotatable bonds is 4. The van der Waals surface area contributed by atoms with E-state index in [1.807, 2.05) is 25.1 Å². The number of aromatic nitrogens is 1. The fraction of sp³-hybridized carbons (Fsp3) is 0.333. The molecule has 1 atom stereocenters. The number of hydrogen-bond acceptors (Lipinski definition) is 5. The van der Waals surface area contributed by atoms with Gasteiger partial charge in [0.05, 0.1) is 16.8 Å². The molecular weight excluding hydrogens is 250 g/mol. The Balaban J connectivity index is 2.14. The molecule has 3 N–H and O–H groups in total. The van der Waals surface area contributed by atoms with E-state index >= 15 is 0 Å². The first-order valence-corrected chi connectivity index (χ1v) is 6.34. The van der Waals surface area contributed by atoms with Crippen molar-refractivity contribution in [2.45, 2.75) is 13.0 Å². The molecule has 0 aliphatic heterocycles. The van der Waals surface area contributed by atoms with Crippen molar-refractivity contribution in [2.24, 2.45) is 5.73 Å². The molecule has 0 aliphatic rings. The molecule has 18 heavy (non-hydrogen) atoms. The van der Waals surface area contributed by atoms with Crippen molar-refractivity contribution in [3.05, 3.63) is 23.8 Å². The van der Waals surface area contributed by atoms with Crippen molar-refractivity contribution in [2.75, 3.05) is 19.0 Å². The smallest absolute Gasteiger partial charge is 0.245 e. The van der Waals surface area contributed by atoms with Gasteiger partial charge in [0.1, 0.15) is 6.04 Å². The summed E-state index contributed by atoms with van der Waals surface area (Å²) in [4.78, 5) is 16.0. The summed E-state index contributed by atoms with van der Waals surface area (Å²) < 4.78 is 5.88. The van der Waals surface area contributed by atoms with Crippen LogP contribution in [0.25, 0.3) is 10.2 Å². The number of carbonyl (C=O) groups excluding carboxylic acids is 1. The average Bonchev–Trinajstić information content (AvgIpc) is 2.70. The van der Waals surface area contributed by atoms with E-state index in [4.69, 9.17) is 10.5 Å². The number of nitrogens with zero attached hydrogens (tertiary/aromatic N) is 1. The number of amides is 1. The highest BCUT2D eigenvalue weighted by Crippen LogP contribution is 2.26. The minimum absolute atomic E-state index is 0.190. The molecule has 0 saturated carbocycles. The van der Waals surface area contributed by atoms with Gasteiger partial charge in [-0.25, -0.2) is 4.98 Å². The van der Waals surface area contributed by atoms with E-state index in [1.54, 1.807) is 0 Å². The maximum Gasteiger partial charge on any atom is 0.245 e. The lowest BCUT2D eigenvalue weighted by molar-refractivity contribution is -0.118. The van der Waals surface area contributed by atoms with Crippen LogP contribution in [0.15, 0.2) is 18.2 Å². The Bertz CT molecular complexity index is 567. The number of methoxy groups -OCH3 is 1. The minimum Gasteiger partial charge on any atom is -0.383 e. The second-order valence-corrected chi connectivity index (χ2v) is 5.07. The highest BCUT2D eigenvalue weighted by molar-refractivity contribution is 7.22. The first-order valence-electron chi connectivity index (χ1n) is 5.52. The molecule has 1 aromatic heterocycles. The number of benzene rings is 1. The Morgan fingerprint density at radius 3 is 3.11 bits per heavy atom. The van der Waals surface area contributed by atoms with Gasteiger partial charge in [0.2, 0.25) is 5.91 Å². The van der Waals surface area contributed by atoms with Crippen molar-refractivity contribution < 1.29 is 9.53 Å². The first-order chi connectivity index (χ1) is 8.60. The predicted octanol–water partition coefficient (Wildman–Crippen LogP) is 1.52. The fourth-order valence-corrected chi connectivity index (χ4v) is 2.51. The topological polar surface area (TPSA) is 77.2 Å². The van der Waals surface area contributed by atoms with Gasteiger partial charge in [-0.05, 0) is 24.6 Å². The van der Waals surface area contributed by atoms with Crippen molar-refractivity contribution in [3.8, 4) is 0 Å². The maximum atomic E-state index is 11.7. The predicted molar refractivity (Wildman–Crippen MR) is 72.8 cm³/mol. The third kappa shape index (κ3) is 2.84. The van der Waals surface area contributed by atoms with Gasteiger partial charge in [-0.3, -0.25) is 4.79 Å².